The van der Waals surface area contributed by atoms with Crippen molar-refractivity contribution in [2.45, 2.75) is 13.0 Å². The number of anilines is 1. The molecular weight excluding hydrogens is 430 g/mol. The van der Waals surface area contributed by atoms with Crippen LogP contribution in [0.3, 0.4) is 0 Å². The Morgan fingerprint density at radius 3 is 2.24 bits per heavy atom. The molecule has 4 rings (SSSR count). The van der Waals surface area contributed by atoms with Gasteiger partial charge in [0.05, 0.1) is 25.4 Å². The first-order chi connectivity index (χ1) is 16.5. The maximum Gasteiger partial charge on any atom is 0.319 e. The predicted octanol–water partition coefficient (Wildman–Crippen LogP) is 4.80. The number of Topliss-reactive ketones (excluding diaryl/α,β-unsaturated/α-hetero) is 1. The topological polar surface area (TPSA) is 72.9 Å². The lowest BCUT2D eigenvalue weighted by Gasteiger charge is -2.37. The summed E-state index contributed by atoms with van der Waals surface area (Å²) in [6, 6.07) is 21.8. The van der Waals surface area contributed by atoms with Gasteiger partial charge in [-0.3, -0.25) is 19.3 Å². The summed E-state index contributed by atoms with van der Waals surface area (Å²) in [5.74, 6) is -2.01. The number of benzene rings is 3. The van der Waals surface area contributed by atoms with E-state index in [1.807, 2.05) is 30.3 Å². The summed E-state index contributed by atoms with van der Waals surface area (Å²) < 4.78 is 10.5. The van der Waals surface area contributed by atoms with Crippen molar-refractivity contribution >= 4 is 29.4 Å². The van der Waals surface area contributed by atoms with E-state index < -0.39 is 23.7 Å². The lowest BCUT2D eigenvalue weighted by molar-refractivity contribution is -0.146. The highest BCUT2D eigenvalue weighted by molar-refractivity contribution is 6.14. The Kier molecular flexibility index (Phi) is 6.87. The summed E-state index contributed by atoms with van der Waals surface area (Å²) in [4.78, 5) is 42.0. The number of ether oxygens (including phenoxy) is 2. The zero-order valence-corrected chi connectivity index (χ0v) is 19.0. The third kappa shape index (κ3) is 4.48. The van der Waals surface area contributed by atoms with E-state index in [0.29, 0.717) is 22.6 Å². The van der Waals surface area contributed by atoms with Crippen LogP contribution in [-0.2, 0) is 9.53 Å². The summed E-state index contributed by atoms with van der Waals surface area (Å²) in [5, 5.41) is 0. The third-order valence-electron chi connectivity index (χ3n) is 5.75. The van der Waals surface area contributed by atoms with E-state index in [0.717, 1.165) is 5.56 Å². The highest BCUT2D eigenvalue weighted by Crippen LogP contribution is 2.35. The lowest BCUT2D eigenvalue weighted by atomic mass is 9.86. The maximum atomic E-state index is 13.8. The number of amides is 1. The minimum atomic E-state index is -1.23. The average Bonchev–Trinajstić information content (AvgIpc) is 2.89. The quantitative estimate of drug-likeness (QED) is 0.291. The Bertz CT molecular complexity index is 1220. The Morgan fingerprint density at radius 1 is 0.882 bits per heavy atom. The molecule has 0 N–H and O–H groups in total. The second kappa shape index (κ2) is 10.2. The fraction of sp³-hybridized carbons (Fsp3) is 0.179. The molecule has 0 saturated carbocycles. The van der Waals surface area contributed by atoms with Gasteiger partial charge in [0.15, 0.2) is 5.78 Å². The summed E-state index contributed by atoms with van der Waals surface area (Å²) >= 11 is 0. The first-order valence-electron chi connectivity index (χ1n) is 11.1. The highest BCUT2D eigenvalue weighted by Gasteiger charge is 2.42. The number of esters is 1. The molecule has 1 aliphatic rings. The van der Waals surface area contributed by atoms with Gasteiger partial charge >= 0.3 is 5.97 Å². The van der Waals surface area contributed by atoms with Crippen LogP contribution in [0, 0.1) is 5.92 Å². The van der Waals surface area contributed by atoms with Gasteiger partial charge < -0.3 is 9.47 Å². The van der Waals surface area contributed by atoms with Crippen LogP contribution in [-0.4, -0.2) is 37.4 Å². The molecule has 1 amide bonds. The van der Waals surface area contributed by atoms with E-state index in [1.54, 1.807) is 74.7 Å². The van der Waals surface area contributed by atoms with Gasteiger partial charge in [0, 0.05) is 11.1 Å². The van der Waals surface area contributed by atoms with Crippen molar-refractivity contribution < 1.29 is 23.9 Å². The van der Waals surface area contributed by atoms with Gasteiger partial charge in [-0.25, -0.2) is 0 Å². The molecule has 172 valence electrons. The number of hydrogen-bond donors (Lipinski definition) is 0. The Labute approximate surface area is 198 Å². The van der Waals surface area contributed by atoms with Gasteiger partial charge in [0.2, 0.25) is 0 Å². The summed E-state index contributed by atoms with van der Waals surface area (Å²) in [7, 11) is 1.55. The van der Waals surface area contributed by atoms with Crippen LogP contribution >= 0.6 is 0 Å². The lowest BCUT2D eigenvalue weighted by Crippen LogP contribution is -2.50. The number of methoxy groups -OCH3 is 1. The molecule has 2 atom stereocenters. The van der Waals surface area contributed by atoms with Crippen LogP contribution in [0.2, 0.25) is 0 Å². The molecule has 0 saturated heterocycles. The van der Waals surface area contributed by atoms with Crippen molar-refractivity contribution in [3.05, 3.63) is 102 Å². The smallest absolute Gasteiger partial charge is 0.319 e. The largest absolute Gasteiger partial charge is 0.497 e. The van der Waals surface area contributed by atoms with Crippen LogP contribution in [0.25, 0.3) is 6.08 Å². The monoisotopic (exact) mass is 455 g/mol. The number of carbonyl (C=O) groups excluding carboxylic acids is 3. The molecule has 0 spiro atoms. The molecule has 2 unspecified atom stereocenters. The molecule has 6 heteroatoms. The molecule has 0 radical (unpaired) electrons. The van der Waals surface area contributed by atoms with Crippen molar-refractivity contribution in [2.24, 2.45) is 5.92 Å². The van der Waals surface area contributed by atoms with Crippen LogP contribution in [0.5, 0.6) is 5.75 Å². The molecular formula is C28H25NO5. The minimum absolute atomic E-state index is 0.122. The first-order valence-corrected chi connectivity index (χ1v) is 11.1. The van der Waals surface area contributed by atoms with Crippen LogP contribution in [0.15, 0.2) is 84.9 Å². The molecule has 0 fully saturated rings. The second-order valence-corrected chi connectivity index (χ2v) is 7.77. The number of ketones is 1. The van der Waals surface area contributed by atoms with Gasteiger partial charge in [-0.05, 0) is 42.8 Å². The molecule has 0 aliphatic carbocycles. The molecule has 3 aromatic carbocycles. The van der Waals surface area contributed by atoms with Gasteiger partial charge in [0.25, 0.3) is 5.91 Å². The Hall–Kier alpha value is -4.19. The molecule has 0 bridgehead atoms. The van der Waals surface area contributed by atoms with Crippen LogP contribution < -0.4 is 9.64 Å². The highest BCUT2D eigenvalue weighted by atomic mass is 16.5. The Morgan fingerprint density at radius 2 is 1.56 bits per heavy atom. The number of rotatable bonds is 7. The molecule has 0 aromatic heterocycles. The molecule has 34 heavy (non-hydrogen) atoms. The molecule has 6 nitrogen and oxygen atoms in total. The minimum Gasteiger partial charge on any atom is -0.497 e. The average molecular weight is 456 g/mol. The van der Waals surface area contributed by atoms with Crippen molar-refractivity contribution in [1.29, 1.82) is 0 Å². The molecule has 1 aliphatic heterocycles. The van der Waals surface area contributed by atoms with Crippen molar-refractivity contribution in [2.75, 3.05) is 18.6 Å². The first kappa shape index (κ1) is 23.0. The van der Waals surface area contributed by atoms with Crippen molar-refractivity contribution in [3.63, 3.8) is 0 Å². The van der Waals surface area contributed by atoms with E-state index in [1.165, 1.54) is 4.90 Å². The van der Waals surface area contributed by atoms with Gasteiger partial charge in [0.1, 0.15) is 11.7 Å². The fourth-order valence-corrected chi connectivity index (χ4v) is 4.09. The Balaban J connectivity index is 1.82. The fourth-order valence-electron chi connectivity index (χ4n) is 4.09. The number of fused-ring (bicyclic) bond motifs is 1. The summed E-state index contributed by atoms with van der Waals surface area (Å²) in [6.07, 6.45) is 3.56. The van der Waals surface area contributed by atoms with Gasteiger partial charge in [-0.1, -0.05) is 60.7 Å². The normalized spacial score (nSPS) is 15.2. The number of para-hydroxylation sites is 1. The maximum absolute atomic E-state index is 13.8. The van der Waals surface area contributed by atoms with Gasteiger partial charge in [-0.15, -0.1) is 0 Å². The number of carbonyl (C=O) groups is 3. The van der Waals surface area contributed by atoms with E-state index in [2.05, 4.69) is 0 Å². The zero-order chi connectivity index (χ0) is 24.1. The molecule has 1 heterocycles. The SMILES string of the molecule is CCOC(=O)C(C(=O)c1ccccc1)C1C=Cc2ccccc2N1C(=O)c1ccc(OC)cc1. The second-order valence-electron chi connectivity index (χ2n) is 7.77. The summed E-state index contributed by atoms with van der Waals surface area (Å²) in [6.45, 7) is 1.81. The summed E-state index contributed by atoms with van der Waals surface area (Å²) in [5.41, 5.74) is 2.22. The van der Waals surface area contributed by atoms with E-state index >= 15 is 0 Å². The number of hydrogen-bond acceptors (Lipinski definition) is 5. The van der Waals surface area contributed by atoms with Crippen LogP contribution in [0.1, 0.15) is 33.2 Å². The predicted molar refractivity (Wildman–Crippen MR) is 130 cm³/mol. The van der Waals surface area contributed by atoms with Crippen molar-refractivity contribution in [3.8, 4) is 5.75 Å². The van der Waals surface area contributed by atoms with Gasteiger partial charge in [-0.2, -0.15) is 0 Å². The van der Waals surface area contributed by atoms with E-state index in [4.69, 9.17) is 9.47 Å². The van der Waals surface area contributed by atoms with E-state index in [9.17, 15) is 14.4 Å². The third-order valence-corrected chi connectivity index (χ3v) is 5.75. The van der Waals surface area contributed by atoms with E-state index in [-0.39, 0.29) is 12.5 Å². The molecule has 3 aromatic rings. The standard InChI is InChI=1S/C28H25NO5/c1-3-34-28(32)25(26(30)20-10-5-4-6-11-20)24-18-15-19-9-7-8-12-23(19)29(24)27(31)21-13-16-22(33-2)17-14-21/h4-18,24-25H,3H2,1-2H3. The zero-order valence-electron chi connectivity index (χ0n) is 19.0. The van der Waals surface area contributed by atoms with Crippen molar-refractivity contribution in [1.82, 2.24) is 0 Å². The van der Waals surface area contributed by atoms with Crippen LogP contribution in [0.4, 0.5) is 5.69 Å². The number of nitrogens with zero attached hydrogens (tertiary/aromatic N) is 1.